The summed E-state index contributed by atoms with van der Waals surface area (Å²) in [6.45, 7) is 0.875. The van der Waals surface area contributed by atoms with Crippen molar-refractivity contribution in [3.8, 4) is 11.5 Å². The number of aromatic amines is 1. The lowest BCUT2D eigenvalue weighted by Crippen LogP contribution is -2.74. The van der Waals surface area contributed by atoms with E-state index in [0.29, 0.717) is 24.3 Å². The molecule has 11 heteroatoms. The highest BCUT2D eigenvalue weighted by atomic mass is 16.6. The van der Waals surface area contributed by atoms with E-state index < -0.39 is 29.1 Å². The first-order chi connectivity index (χ1) is 17.8. The van der Waals surface area contributed by atoms with E-state index in [1.54, 1.807) is 18.3 Å². The Kier molecular flexibility index (Phi) is 5.55. The molecular formula is C26H31N5O6. The number of hydrogen-bond acceptors (Lipinski definition) is 9. The number of amides is 1. The molecule has 11 nitrogen and oxygen atoms in total. The molecule has 1 fully saturated rings. The zero-order valence-electron chi connectivity index (χ0n) is 20.6. The Morgan fingerprint density at radius 3 is 3.03 bits per heavy atom. The van der Waals surface area contributed by atoms with Crippen molar-refractivity contribution >= 4 is 11.9 Å². The number of phenolic OH excluding ortho intramolecular Hbond substituents is 1. The maximum Gasteiger partial charge on any atom is 0.334 e. The van der Waals surface area contributed by atoms with Gasteiger partial charge in [-0.3, -0.25) is 4.79 Å². The smallest absolute Gasteiger partial charge is 0.334 e. The number of aromatic nitrogens is 2. The quantitative estimate of drug-likeness (QED) is 0.324. The summed E-state index contributed by atoms with van der Waals surface area (Å²) in [5.41, 5.74) is 5.99. The van der Waals surface area contributed by atoms with E-state index in [2.05, 4.69) is 20.2 Å². The summed E-state index contributed by atoms with van der Waals surface area (Å²) in [6.07, 6.45) is 5.71. The van der Waals surface area contributed by atoms with Crippen molar-refractivity contribution in [3.05, 3.63) is 53.3 Å². The van der Waals surface area contributed by atoms with Crippen LogP contribution in [0.25, 0.3) is 0 Å². The second-order valence-electron chi connectivity index (χ2n) is 10.5. The van der Waals surface area contributed by atoms with Gasteiger partial charge in [-0.25, -0.2) is 9.78 Å². The molecule has 196 valence electrons. The van der Waals surface area contributed by atoms with Gasteiger partial charge in [-0.1, -0.05) is 6.07 Å². The number of carbonyl (C=O) groups excluding carboxylic acids is 2. The van der Waals surface area contributed by atoms with E-state index in [4.69, 9.17) is 15.2 Å². The Labute approximate surface area is 213 Å². The first kappa shape index (κ1) is 24.0. The van der Waals surface area contributed by atoms with E-state index in [1.165, 1.54) is 6.33 Å². The molecule has 5 atom stereocenters. The standard InChI is InChI=1S/C26H31N5O6/c1-31-9-7-25-21-14-2-3-17(32)22(21)37-23(25)18(4-6-26(25,35)19(31)10-14)36-24(34)16(30-20(33)5-8-27)11-15-12-28-13-29-15/h2-4,12-13,16,19,23,32,35H,5-11,27H2,1H3,(H,28,29)(H,30,33)/t16-,19+,23-,25-,26+/m0/s1. The molecule has 4 aliphatic rings. The number of likely N-dealkylation sites (N-methyl/N-ethyl adjacent to an activating group) is 1. The average molecular weight is 510 g/mol. The van der Waals surface area contributed by atoms with Gasteiger partial charge >= 0.3 is 5.97 Å². The number of nitrogens with one attached hydrogen (secondary N) is 2. The van der Waals surface area contributed by atoms with E-state index in [-0.39, 0.29) is 49.3 Å². The molecule has 2 aliphatic heterocycles. The summed E-state index contributed by atoms with van der Waals surface area (Å²) in [6, 6.07) is 2.38. The summed E-state index contributed by atoms with van der Waals surface area (Å²) in [4.78, 5) is 34.9. The number of H-pyrrole nitrogens is 1. The number of nitrogens with zero attached hydrogens (tertiary/aromatic N) is 2. The molecule has 2 aromatic rings. The summed E-state index contributed by atoms with van der Waals surface area (Å²) in [5, 5.41) is 25.6. The monoisotopic (exact) mass is 509 g/mol. The molecule has 1 saturated heterocycles. The van der Waals surface area contributed by atoms with Gasteiger partial charge in [0, 0.05) is 49.3 Å². The number of piperidine rings is 1. The molecule has 6 rings (SSSR count). The molecule has 2 bridgehead atoms. The van der Waals surface area contributed by atoms with Crippen molar-refractivity contribution in [1.82, 2.24) is 20.2 Å². The third-order valence-corrected chi connectivity index (χ3v) is 8.54. The number of benzene rings is 1. The molecule has 0 radical (unpaired) electrons. The number of rotatable bonds is 7. The van der Waals surface area contributed by atoms with Crippen LogP contribution in [0.3, 0.4) is 0 Å². The second kappa shape index (κ2) is 8.57. The Balaban J connectivity index is 1.35. The molecule has 3 heterocycles. The van der Waals surface area contributed by atoms with Crippen molar-refractivity contribution in [2.24, 2.45) is 5.73 Å². The maximum absolute atomic E-state index is 13.5. The largest absolute Gasteiger partial charge is 0.504 e. The van der Waals surface area contributed by atoms with Crippen molar-refractivity contribution in [3.63, 3.8) is 0 Å². The van der Waals surface area contributed by atoms with Gasteiger partial charge in [0.2, 0.25) is 5.91 Å². The van der Waals surface area contributed by atoms with Crippen LogP contribution >= 0.6 is 0 Å². The van der Waals surface area contributed by atoms with Crippen LogP contribution in [0.5, 0.6) is 11.5 Å². The lowest BCUT2D eigenvalue weighted by atomic mass is 9.50. The highest BCUT2D eigenvalue weighted by Gasteiger charge is 2.72. The summed E-state index contributed by atoms with van der Waals surface area (Å²) in [5.74, 6) is -0.391. The fourth-order valence-corrected chi connectivity index (χ4v) is 6.83. The van der Waals surface area contributed by atoms with E-state index in [0.717, 1.165) is 17.7 Å². The lowest BCUT2D eigenvalue weighted by molar-refractivity contribution is -0.170. The van der Waals surface area contributed by atoms with Gasteiger partial charge in [-0.15, -0.1) is 0 Å². The second-order valence-corrected chi connectivity index (χ2v) is 10.5. The molecule has 2 aliphatic carbocycles. The molecule has 1 aromatic heterocycles. The van der Waals surface area contributed by atoms with Crippen molar-refractivity contribution < 1.29 is 29.3 Å². The minimum atomic E-state index is -1.16. The fraction of sp³-hybridized carbons (Fsp3) is 0.500. The topological polar surface area (TPSA) is 163 Å². The molecule has 1 amide bonds. The average Bonchev–Trinajstić information content (AvgIpc) is 3.50. The van der Waals surface area contributed by atoms with Crippen molar-refractivity contribution in [2.75, 3.05) is 20.1 Å². The van der Waals surface area contributed by atoms with Crippen molar-refractivity contribution in [1.29, 1.82) is 0 Å². The van der Waals surface area contributed by atoms with Crippen LogP contribution < -0.4 is 15.8 Å². The predicted molar refractivity (Wildman–Crippen MR) is 131 cm³/mol. The van der Waals surface area contributed by atoms with Crippen LogP contribution in [0.4, 0.5) is 0 Å². The number of aromatic hydroxyl groups is 1. The zero-order chi connectivity index (χ0) is 25.9. The lowest BCUT2D eigenvalue weighted by Gasteiger charge is -2.61. The molecule has 0 unspecified atom stereocenters. The Hall–Kier alpha value is -3.41. The normalized spacial score (nSPS) is 30.1. The van der Waals surface area contributed by atoms with Gasteiger partial charge in [-0.2, -0.15) is 0 Å². The third-order valence-electron chi connectivity index (χ3n) is 8.54. The Morgan fingerprint density at radius 1 is 1.43 bits per heavy atom. The van der Waals surface area contributed by atoms with Gasteiger partial charge in [0.15, 0.2) is 17.6 Å². The summed E-state index contributed by atoms with van der Waals surface area (Å²) >= 11 is 0. The Morgan fingerprint density at radius 2 is 2.27 bits per heavy atom. The third kappa shape index (κ3) is 3.41. The van der Waals surface area contributed by atoms with Crippen LogP contribution in [0.1, 0.15) is 36.1 Å². The van der Waals surface area contributed by atoms with Crippen LogP contribution in [-0.2, 0) is 32.6 Å². The minimum absolute atomic E-state index is 0.000834. The number of imidazole rings is 1. The highest BCUT2D eigenvalue weighted by Crippen LogP contribution is 2.65. The van der Waals surface area contributed by atoms with Crippen LogP contribution in [-0.4, -0.2) is 80.9 Å². The number of esters is 1. The minimum Gasteiger partial charge on any atom is -0.504 e. The summed E-state index contributed by atoms with van der Waals surface area (Å²) < 4.78 is 12.3. The number of nitrogens with two attached hydrogens (primary N) is 1. The first-order valence-corrected chi connectivity index (χ1v) is 12.6. The fourth-order valence-electron chi connectivity index (χ4n) is 6.83. The highest BCUT2D eigenvalue weighted by molar-refractivity contribution is 5.85. The van der Waals surface area contributed by atoms with E-state index in [1.807, 2.05) is 13.1 Å². The Bertz CT molecular complexity index is 1280. The molecule has 6 N–H and O–H groups in total. The van der Waals surface area contributed by atoms with Gasteiger partial charge in [0.25, 0.3) is 0 Å². The number of carbonyl (C=O) groups is 2. The molecule has 0 saturated carbocycles. The zero-order valence-corrected chi connectivity index (χ0v) is 20.6. The number of hydrogen-bond donors (Lipinski definition) is 5. The SMILES string of the molecule is CN1CC[C@]23c4c5ccc(O)c4O[C@H]2C(OC(=O)[C@H](Cc2cnc[nH]2)NC(=O)CCN)=CC[C@@]3(O)[C@H]1C5. The predicted octanol–water partition coefficient (Wildman–Crippen LogP) is 0.0125. The number of aliphatic hydroxyl groups is 1. The van der Waals surface area contributed by atoms with Gasteiger partial charge in [0.1, 0.15) is 11.8 Å². The molecule has 1 aromatic carbocycles. The molecule has 37 heavy (non-hydrogen) atoms. The van der Waals surface area contributed by atoms with Gasteiger partial charge < -0.3 is 40.6 Å². The maximum atomic E-state index is 13.5. The first-order valence-electron chi connectivity index (χ1n) is 12.6. The van der Waals surface area contributed by atoms with Crippen molar-refractivity contribution in [2.45, 2.75) is 61.3 Å². The summed E-state index contributed by atoms with van der Waals surface area (Å²) in [7, 11) is 2.01. The van der Waals surface area contributed by atoms with Crippen LogP contribution in [0, 0.1) is 0 Å². The molecule has 1 spiro atoms. The van der Waals surface area contributed by atoms with E-state index >= 15 is 0 Å². The van der Waals surface area contributed by atoms with E-state index in [9.17, 15) is 19.8 Å². The van der Waals surface area contributed by atoms with Gasteiger partial charge in [0.05, 0.1) is 17.3 Å². The van der Waals surface area contributed by atoms with Crippen LogP contribution in [0.2, 0.25) is 0 Å². The molecular weight excluding hydrogens is 478 g/mol. The number of ether oxygens (including phenoxy) is 2. The van der Waals surface area contributed by atoms with Crippen LogP contribution in [0.15, 0.2) is 36.5 Å². The number of likely N-dealkylation sites (tertiary alicyclic amines) is 1. The van der Waals surface area contributed by atoms with Gasteiger partial charge in [-0.05, 0) is 44.1 Å². The number of phenols is 1.